The summed E-state index contributed by atoms with van der Waals surface area (Å²) in [5.41, 5.74) is 0.560. The lowest BCUT2D eigenvalue weighted by molar-refractivity contribution is 0.0541. The molecule has 2 aliphatic rings. The maximum atomic E-state index is 12.6. The van der Waals surface area contributed by atoms with Crippen LogP contribution in [0, 0.1) is 5.92 Å². The maximum absolute atomic E-state index is 12.6. The van der Waals surface area contributed by atoms with Crippen LogP contribution in [0.5, 0.6) is 0 Å². The zero-order chi connectivity index (χ0) is 12.5. The molecule has 3 nitrogen and oxygen atoms in total. The average Bonchev–Trinajstić information content (AvgIpc) is 2.86. The molecule has 0 N–H and O–H groups in total. The Labute approximate surface area is 116 Å². The molecule has 3 rings (SSSR count). The van der Waals surface area contributed by atoms with Crippen LogP contribution < -0.4 is 0 Å². The van der Waals surface area contributed by atoms with Crippen molar-refractivity contribution in [1.82, 2.24) is 9.88 Å². The van der Waals surface area contributed by atoms with E-state index in [0.29, 0.717) is 11.7 Å². The number of nitrogens with zero attached hydrogens (tertiary/aromatic N) is 2. The van der Waals surface area contributed by atoms with Crippen LogP contribution >= 0.6 is 15.9 Å². The van der Waals surface area contributed by atoms with Gasteiger partial charge in [0.1, 0.15) is 5.69 Å². The molecular weight excluding hydrogens is 292 g/mol. The van der Waals surface area contributed by atoms with Gasteiger partial charge in [-0.25, -0.2) is 4.98 Å². The van der Waals surface area contributed by atoms with Gasteiger partial charge >= 0.3 is 0 Å². The second-order valence-electron chi connectivity index (χ2n) is 5.23. The Hall–Kier alpha value is -0.900. The van der Waals surface area contributed by atoms with Crippen LogP contribution in [0.15, 0.2) is 22.8 Å². The van der Waals surface area contributed by atoms with Gasteiger partial charge in [0.15, 0.2) is 0 Å². The summed E-state index contributed by atoms with van der Waals surface area (Å²) in [6.07, 6.45) is 7.84. The van der Waals surface area contributed by atoms with Crippen LogP contribution in [-0.4, -0.2) is 28.4 Å². The Morgan fingerprint density at radius 1 is 1.33 bits per heavy atom. The third-order valence-corrected chi connectivity index (χ3v) is 4.86. The standard InChI is InChI=1S/C14H17BrN2O/c15-11-6-2-8-16-13(11)14(18)17-9-3-5-10-4-1-7-12(10)17/h2,6,8,10,12H,1,3-5,7,9H2. The minimum absolute atomic E-state index is 0.0964. The van der Waals surface area contributed by atoms with Crippen LogP contribution in [0.3, 0.4) is 0 Å². The van der Waals surface area contributed by atoms with Gasteiger partial charge in [0.25, 0.3) is 5.91 Å². The molecule has 1 aromatic rings. The molecule has 2 atom stereocenters. The van der Waals surface area contributed by atoms with Crippen molar-refractivity contribution in [3.05, 3.63) is 28.5 Å². The van der Waals surface area contributed by atoms with Gasteiger partial charge in [-0.1, -0.05) is 6.42 Å². The minimum Gasteiger partial charge on any atom is -0.334 e. The number of pyridine rings is 1. The van der Waals surface area contributed by atoms with Crippen LogP contribution in [0.2, 0.25) is 0 Å². The number of amides is 1. The molecule has 1 saturated carbocycles. The predicted octanol–water partition coefficient (Wildman–Crippen LogP) is 3.25. The molecule has 2 unspecified atom stereocenters. The Bertz CT molecular complexity index is 463. The number of likely N-dealkylation sites (tertiary alicyclic amines) is 1. The summed E-state index contributed by atoms with van der Waals surface area (Å²) in [6, 6.07) is 4.19. The third-order valence-electron chi connectivity index (χ3n) is 4.22. The highest BCUT2D eigenvalue weighted by Gasteiger charge is 2.38. The molecule has 0 radical (unpaired) electrons. The SMILES string of the molecule is O=C(c1ncccc1Br)N1CCCC2CCCC21. The number of hydrogen-bond donors (Lipinski definition) is 0. The lowest BCUT2D eigenvalue weighted by Gasteiger charge is -2.37. The Kier molecular flexibility index (Phi) is 3.37. The van der Waals surface area contributed by atoms with Crippen LogP contribution in [0.4, 0.5) is 0 Å². The van der Waals surface area contributed by atoms with E-state index >= 15 is 0 Å². The van der Waals surface area contributed by atoms with E-state index in [1.807, 2.05) is 12.1 Å². The molecule has 96 valence electrons. The van der Waals surface area contributed by atoms with E-state index in [2.05, 4.69) is 25.8 Å². The highest BCUT2D eigenvalue weighted by atomic mass is 79.9. The van der Waals surface area contributed by atoms with Crippen molar-refractivity contribution in [2.45, 2.75) is 38.1 Å². The van der Waals surface area contributed by atoms with E-state index in [-0.39, 0.29) is 5.91 Å². The number of carbonyl (C=O) groups excluding carboxylic acids is 1. The fourth-order valence-corrected chi connectivity index (χ4v) is 3.81. The second-order valence-corrected chi connectivity index (χ2v) is 6.09. The Balaban J connectivity index is 1.86. The number of carbonyl (C=O) groups is 1. The van der Waals surface area contributed by atoms with Crippen LogP contribution in [-0.2, 0) is 0 Å². The zero-order valence-electron chi connectivity index (χ0n) is 10.3. The van der Waals surface area contributed by atoms with Crippen molar-refractivity contribution in [2.75, 3.05) is 6.54 Å². The lowest BCUT2D eigenvalue weighted by atomic mass is 9.92. The Morgan fingerprint density at radius 2 is 2.17 bits per heavy atom. The summed E-state index contributed by atoms with van der Waals surface area (Å²) in [6.45, 7) is 0.892. The van der Waals surface area contributed by atoms with Gasteiger partial charge < -0.3 is 4.90 Å². The summed E-state index contributed by atoms with van der Waals surface area (Å²) >= 11 is 3.43. The molecule has 1 aromatic heterocycles. The lowest BCUT2D eigenvalue weighted by Crippen LogP contribution is -2.46. The van der Waals surface area contributed by atoms with Crippen molar-refractivity contribution in [1.29, 1.82) is 0 Å². The first-order chi connectivity index (χ1) is 8.77. The molecule has 0 bridgehead atoms. The van der Waals surface area contributed by atoms with E-state index in [9.17, 15) is 4.79 Å². The fourth-order valence-electron chi connectivity index (χ4n) is 3.39. The van der Waals surface area contributed by atoms with Gasteiger partial charge in [-0.2, -0.15) is 0 Å². The van der Waals surface area contributed by atoms with Crippen molar-refractivity contribution < 1.29 is 4.79 Å². The normalized spacial score (nSPS) is 27.1. The maximum Gasteiger partial charge on any atom is 0.273 e. The van der Waals surface area contributed by atoms with Gasteiger partial charge in [-0.05, 0) is 59.7 Å². The van der Waals surface area contributed by atoms with E-state index in [1.54, 1.807) is 6.20 Å². The topological polar surface area (TPSA) is 33.2 Å². The quantitative estimate of drug-likeness (QED) is 0.798. The van der Waals surface area contributed by atoms with E-state index in [4.69, 9.17) is 0 Å². The van der Waals surface area contributed by atoms with Crippen molar-refractivity contribution in [2.24, 2.45) is 5.92 Å². The van der Waals surface area contributed by atoms with Gasteiger partial charge in [-0.3, -0.25) is 4.79 Å². The van der Waals surface area contributed by atoms with Gasteiger partial charge in [-0.15, -0.1) is 0 Å². The summed E-state index contributed by atoms with van der Waals surface area (Å²) in [7, 11) is 0. The molecule has 2 fully saturated rings. The van der Waals surface area contributed by atoms with Crippen molar-refractivity contribution in [3.63, 3.8) is 0 Å². The molecule has 1 saturated heterocycles. The molecule has 1 aliphatic carbocycles. The number of rotatable bonds is 1. The molecule has 0 aromatic carbocycles. The first kappa shape index (κ1) is 12.2. The second kappa shape index (κ2) is 5.00. The number of piperidine rings is 1. The molecule has 1 aliphatic heterocycles. The molecule has 2 heterocycles. The third kappa shape index (κ3) is 2.07. The monoisotopic (exact) mass is 308 g/mol. The number of fused-ring (bicyclic) bond motifs is 1. The predicted molar refractivity (Wildman–Crippen MR) is 73.3 cm³/mol. The highest BCUT2D eigenvalue weighted by molar-refractivity contribution is 9.10. The van der Waals surface area contributed by atoms with Gasteiger partial charge in [0.2, 0.25) is 0 Å². The fraction of sp³-hybridized carbons (Fsp3) is 0.571. The van der Waals surface area contributed by atoms with E-state index in [1.165, 1.54) is 25.7 Å². The number of hydrogen-bond acceptors (Lipinski definition) is 2. The first-order valence-corrected chi connectivity index (χ1v) is 7.48. The van der Waals surface area contributed by atoms with Gasteiger partial charge in [0.05, 0.1) is 0 Å². The van der Waals surface area contributed by atoms with Crippen LogP contribution in [0.1, 0.15) is 42.6 Å². The van der Waals surface area contributed by atoms with Crippen molar-refractivity contribution >= 4 is 21.8 Å². The van der Waals surface area contributed by atoms with Crippen LogP contribution in [0.25, 0.3) is 0 Å². The summed E-state index contributed by atoms with van der Waals surface area (Å²) in [5, 5.41) is 0. The number of halogens is 1. The summed E-state index contributed by atoms with van der Waals surface area (Å²) < 4.78 is 0.801. The number of aromatic nitrogens is 1. The molecule has 0 spiro atoms. The average molecular weight is 309 g/mol. The van der Waals surface area contributed by atoms with Crippen molar-refractivity contribution in [3.8, 4) is 0 Å². The molecule has 18 heavy (non-hydrogen) atoms. The zero-order valence-corrected chi connectivity index (χ0v) is 11.9. The smallest absolute Gasteiger partial charge is 0.273 e. The molecule has 1 amide bonds. The van der Waals surface area contributed by atoms with Gasteiger partial charge in [0, 0.05) is 23.3 Å². The summed E-state index contributed by atoms with van der Waals surface area (Å²) in [5.74, 6) is 0.823. The highest BCUT2D eigenvalue weighted by Crippen LogP contribution is 2.37. The van der Waals surface area contributed by atoms with E-state index in [0.717, 1.165) is 23.4 Å². The Morgan fingerprint density at radius 3 is 3.00 bits per heavy atom. The molecule has 4 heteroatoms. The van der Waals surface area contributed by atoms with E-state index < -0.39 is 0 Å². The molecular formula is C14H17BrN2O. The first-order valence-electron chi connectivity index (χ1n) is 6.69. The summed E-state index contributed by atoms with van der Waals surface area (Å²) in [4.78, 5) is 18.9. The minimum atomic E-state index is 0.0964. The largest absolute Gasteiger partial charge is 0.334 e.